The number of nitrogens with zero attached hydrogens (tertiary/aromatic N) is 1. The molecular weight excluding hydrogens is 445 g/mol. The lowest BCUT2D eigenvalue weighted by atomic mass is 9.86. The van der Waals surface area contributed by atoms with Gasteiger partial charge in [0.1, 0.15) is 13.2 Å². The number of likely N-dealkylation sites (N-methyl/N-ethyl adjacent to an activating group) is 1. The number of esters is 1. The van der Waals surface area contributed by atoms with E-state index in [1.807, 2.05) is 21.1 Å². The fraction of sp³-hybridized carbons (Fsp3) is 0.842. The van der Waals surface area contributed by atoms with Crippen molar-refractivity contribution in [2.24, 2.45) is 5.41 Å². The Bertz CT molecular complexity index is 682. The summed E-state index contributed by atoms with van der Waals surface area (Å²) in [6.45, 7) is 2.56. The third-order valence-corrected chi connectivity index (χ3v) is 8.19. The molecule has 0 radical (unpaired) electrons. The van der Waals surface area contributed by atoms with Crippen LogP contribution in [-0.4, -0.2) is 88.1 Å². The van der Waals surface area contributed by atoms with Crippen LogP contribution in [0.15, 0.2) is 0 Å². The van der Waals surface area contributed by atoms with Crippen LogP contribution in [0.25, 0.3) is 0 Å². The number of quaternary nitrogens is 1. The summed E-state index contributed by atoms with van der Waals surface area (Å²) in [5.74, 6) is -0.979. The molecule has 1 fully saturated rings. The van der Waals surface area contributed by atoms with Gasteiger partial charge >= 0.3 is 12.8 Å². The second kappa shape index (κ2) is 12.2. The lowest BCUT2D eigenvalue weighted by Gasteiger charge is -2.33. The number of ether oxygens (including phenoxy) is 1. The predicted octanol–water partition coefficient (Wildman–Crippen LogP) is 1.55. The fourth-order valence-corrected chi connectivity index (χ4v) is 5.68. The first-order valence-corrected chi connectivity index (χ1v) is 13.5. The molecule has 0 bridgehead atoms. The zero-order valence-electron chi connectivity index (χ0n) is 19.4. The monoisotopic (exact) mass is 482 g/mol. The maximum atomic E-state index is 13.3. The molecule has 2 atom stereocenters. The quantitative estimate of drug-likeness (QED) is 0.332. The summed E-state index contributed by atoms with van der Waals surface area (Å²) in [5, 5.41) is 5.34. The number of hydrogen-bond acceptors (Lipinski definition) is 8. The molecule has 0 aliphatic carbocycles. The van der Waals surface area contributed by atoms with E-state index < -0.39 is 30.2 Å². The normalized spacial score (nSPS) is 26.3. The Morgan fingerprint density at radius 2 is 1.94 bits per heavy atom. The summed E-state index contributed by atoms with van der Waals surface area (Å²) in [4.78, 5) is 36.6. The zero-order chi connectivity index (χ0) is 23.7. The van der Waals surface area contributed by atoms with E-state index in [0.29, 0.717) is 23.3 Å². The summed E-state index contributed by atoms with van der Waals surface area (Å²) < 4.78 is 30.7. The van der Waals surface area contributed by atoms with Gasteiger partial charge in [0.25, 0.3) is 5.91 Å². The Hall–Kier alpha value is -1.13. The molecule has 1 unspecified atom stereocenters. The minimum Gasteiger partial charge on any atom is -0.452 e. The molecule has 0 spiro atoms. The SMILES string of the molecule is CCC(=O)O[C@H]1C(=O)NCCC(=O)NCCSP(=O)(OCC[N+](C)(C)C)OCC1(C)C. The second-order valence-electron chi connectivity index (χ2n) is 9.00. The molecule has 0 aromatic heterocycles. The lowest BCUT2D eigenvalue weighted by molar-refractivity contribution is -0.870. The zero-order valence-corrected chi connectivity index (χ0v) is 21.1. The first-order valence-electron chi connectivity index (χ1n) is 10.4. The molecular formula is C19H37N3O7PS+. The topological polar surface area (TPSA) is 120 Å². The van der Waals surface area contributed by atoms with Crippen LogP contribution in [0, 0.1) is 5.41 Å². The summed E-state index contributed by atoms with van der Waals surface area (Å²) in [5.41, 5.74) is -0.985. The molecule has 180 valence electrons. The van der Waals surface area contributed by atoms with Gasteiger partial charge in [-0.05, 0) is 11.4 Å². The minimum atomic E-state index is -3.58. The van der Waals surface area contributed by atoms with Crippen LogP contribution >= 0.6 is 18.2 Å². The van der Waals surface area contributed by atoms with Crippen molar-refractivity contribution in [3.05, 3.63) is 0 Å². The number of carbonyl (C=O) groups is 3. The van der Waals surface area contributed by atoms with Crippen LogP contribution in [0.2, 0.25) is 0 Å². The van der Waals surface area contributed by atoms with Gasteiger partial charge < -0.3 is 24.4 Å². The fourth-order valence-electron chi connectivity index (χ4n) is 2.47. The van der Waals surface area contributed by atoms with E-state index >= 15 is 0 Å². The minimum absolute atomic E-state index is 0.0828. The van der Waals surface area contributed by atoms with Crippen LogP contribution < -0.4 is 10.6 Å². The van der Waals surface area contributed by atoms with E-state index in [1.165, 1.54) is 0 Å². The second-order valence-corrected chi connectivity index (χ2v) is 13.2. The average molecular weight is 483 g/mol. The molecule has 2 amide bonds. The van der Waals surface area contributed by atoms with Gasteiger partial charge in [0, 0.05) is 37.1 Å². The molecule has 31 heavy (non-hydrogen) atoms. The van der Waals surface area contributed by atoms with Crippen LogP contribution in [0.5, 0.6) is 0 Å². The average Bonchev–Trinajstić information content (AvgIpc) is 2.66. The maximum Gasteiger partial charge on any atom is 0.389 e. The summed E-state index contributed by atoms with van der Waals surface area (Å²) in [6.07, 6.45) is -0.985. The van der Waals surface area contributed by atoms with E-state index in [9.17, 15) is 18.9 Å². The number of amides is 2. The molecule has 1 saturated heterocycles. The molecule has 1 aliphatic heterocycles. The summed E-state index contributed by atoms with van der Waals surface area (Å²) in [7, 11) is 5.97. The van der Waals surface area contributed by atoms with Gasteiger partial charge in [-0.15, -0.1) is 0 Å². The van der Waals surface area contributed by atoms with E-state index in [1.54, 1.807) is 20.8 Å². The smallest absolute Gasteiger partial charge is 0.389 e. The third kappa shape index (κ3) is 10.8. The largest absolute Gasteiger partial charge is 0.452 e. The Morgan fingerprint density at radius 1 is 1.26 bits per heavy atom. The summed E-state index contributed by atoms with van der Waals surface area (Å²) >= 11 is 1.01. The van der Waals surface area contributed by atoms with Gasteiger partial charge in [-0.1, -0.05) is 20.8 Å². The number of hydrogen-bond donors (Lipinski definition) is 2. The Balaban J connectivity index is 3.05. The van der Waals surface area contributed by atoms with E-state index in [0.717, 1.165) is 11.4 Å². The van der Waals surface area contributed by atoms with E-state index in [-0.39, 0.29) is 38.5 Å². The molecule has 1 heterocycles. The van der Waals surface area contributed by atoms with Crippen molar-refractivity contribution in [1.82, 2.24) is 10.6 Å². The van der Waals surface area contributed by atoms with Crippen LogP contribution in [0.1, 0.15) is 33.6 Å². The van der Waals surface area contributed by atoms with Crippen molar-refractivity contribution in [2.75, 3.05) is 59.7 Å². The van der Waals surface area contributed by atoms with Gasteiger partial charge in [0.15, 0.2) is 6.10 Å². The highest BCUT2D eigenvalue weighted by molar-refractivity contribution is 8.55. The van der Waals surface area contributed by atoms with Crippen LogP contribution in [-0.2, 0) is 32.7 Å². The number of nitrogens with one attached hydrogen (secondary N) is 2. The first-order chi connectivity index (χ1) is 14.3. The molecule has 2 N–H and O–H groups in total. The molecule has 12 heteroatoms. The number of rotatable bonds is 6. The van der Waals surface area contributed by atoms with Gasteiger partial charge in [0.05, 0.1) is 27.7 Å². The van der Waals surface area contributed by atoms with Gasteiger partial charge in [-0.3, -0.25) is 18.9 Å². The highest BCUT2D eigenvalue weighted by Gasteiger charge is 2.41. The van der Waals surface area contributed by atoms with Crippen molar-refractivity contribution < 1.29 is 37.2 Å². The number of carbonyl (C=O) groups excluding carboxylic acids is 3. The van der Waals surface area contributed by atoms with Gasteiger partial charge in [-0.25, -0.2) is 4.57 Å². The standard InChI is InChI=1S/C19H36N3O7PS/c1-7-16(24)29-17-18(25)21-9-8-15(23)20-10-13-31-30(26,28-14-19(17,2)3)27-12-11-22(4,5)6/h17H,7-14H2,1-6H3,(H-,20,21,23,25)/p+1/t17-,30?/m0/s1. The summed E-state index contributed by atoms with van der Waals surface area (Å²) in [6, 6.07) is 0. The third-order valence-electron chi connectivity index (χ3n) is 4.42. The van der Waals surface area contributed by atoms with Crippen LogP contribution in [0.4, 0.5) is 0 Å². The van der Waals surface area contributed by atoms with Crippen molar-refractivity contribution in [2.45, 2.75) is 39.7 Å². The lowest BCUT2D eigenvalue weighted by Crippen LogP contribution is -2.49. The Labute approximate surface area is 189 Å². The molecule has 1 aliphatic rings. The highest BCUT2D eigenvalue weighted by atomic mass is 32.7. The first kappa shape index (κ1) is 27.9. The van der Waals surface area contributed by atoms with Crippen LogP contribution in [0.3, 0.4) is 0 Å². The highest BCUT2D eigenvalue weighted by Crippen LogP contribution is 2.61. The van der Waals surface area contributed by atoms with E-state index in [2.05, 4.69) is 10.6 Å². The molecule has 10 nitrogen and oxygen atoms in total. The van der Waals surface area contributed by atoms with Crippen molar-refractivity contribution in [1.29, 1.82) is 0 Å². The Kier molecular flexibility index (Phi) is 11.0. The maximum absolute atomic E-state index is 13.3. The predicted molar refractivity (Wildman–Crippen MR) is 119 cm³/mol. The van der Waals surface area contributed by atoms with Crippen molar-refractivity contribution in [3.8, 4) is 0 Å². The van der Waals surface area contributed by atoms with Crippen molar-refractivity contribution in [3.63, 3.8) is 0 Å². The van der Waals surface area contributed by atoms with Crippen molar-refractivity contribution >= 4 is 36.0 Å². The van der Waals surface area contributed by atoms with Gasteiger partial charge in [0.2, 0.25) is 5.91 Å². The molecule has 0 saturated carbocycles. The Morgan fingerprint density at radius 3 is 2.55 bits per heavy atom. The van der Waals surface area contributed by atoms with Gasteiger partial charge in [-0.2, -0.15) is 0 Å². The molecule has 1 rings (SSSR count). The van der Waals surface area contributed by atoms with E-state index in [4.69, 9.17) is 13.8 Å². The molecule has 0 aromatic carbocycles. The molecule has 0 aromatic rings.